The van der Waals surface area contributed by atoms with Gasteiger partial charge >= 0.3 is 0 Å². The minimum absolute atomic E-state index is 0.0901. The summed E-state index contributed by atoms with van der Waals surface area (Å²) >= 11 is 1.71. The fraction of sp³-hybridized carbons (Fsp3) is 0.385. The molecule has 4 heteroatoms. The van der Waals surface area contributed by atoms with Gasteiger partial charge in [-0.05, 0) is 25.8 Å². The minimum atomic E-state index is 0.0901. The van der Waals surface area contributed by atoms with E-state index < -0.39 is 0 Å². The Morgan fingerprint density at radius 2 is 2.47 bits per heavy atom. The average Bonchev–Trinajstić information content (AvgIpc) is 2.76. The van der Waals surface area contributed by atoms with E-state index in [2.05, 4.69) is 35.5 Å². The van der Waals surface area contributed by atoms with Crippen molar-refractivity contribution in [2.24, 2.45) is 0 Å². The van der Waals surface area contributed by atoms with Gasteiger partial charge in [-0.2, -0.15) is 0 Å². The monoisotopic (exact) mass is 248 g/mol. The molecule has 1 aromatic rings. The van der Waals surface area contributed by atoms with Crippen LogP contribution < -0.4 is 5.32 Å². The van der Waals surface area contributed by atoms with Crippen molar-refractivity contribution in [2.45, 2.75) is 32.2 Å². The second-order valence-electron chi connectivity index (χ2n) is 4.21. The quantitative estimate of drug-likeness (QED) is 0.832. The summed E-state index contributed by atoms with van der Waals surface area (Å²) in [6.45, 7) is 4.04. The number of hydrogen-bond donors (Lipinski definition) is 1. The van der Waals surface area contributed by atoms with Crippen LogP contribution >= 0.6 is 11.3 Å². The summed E-state index contributed by atoms with van der Waals surface area (Å²) < 4.78 is 0. The Hall–Kier alpha value is -1.42. The predicted molar refractivity (Wildman–Crippen MR) is 70.1 cm³/mol. The maximum atomic E-state index is 10.4. The molecule has 0 saturated carbocycles. The summed E-state index contributed by atoms with van der Waals surface area (Å²) in [7, 11) is 0. The molecule has 0 aromatic carbocycles. The molecule has 0 saturated heterocycles. The SMILES string of the molecule is Cc1ncsc1C1C=CC(C(C)NC=O)=CC1. The zero-order valence-corrected chi connectivity index (χ0v) is 10.8. The fourth-order valence-electron chi connectivity index (χ4n) is 2.02. The molecular weight excluding hydrogens is 232 g/mol. The molecule has 1 aliphatic carbocycles. The largest absolute Gasteiger partial charge is 0.352 e. The van der Waals surface area contributed by atoms with Crippen LogP contribution in [0, 0.1) is 6.92 Å². The first-order valence-corrected chi connectivity index (χ1v) is 6.58. The van der Waals surface area contributed by atoms with Crippen LogP contribution in [0.3, 0.4) is 0 Å². The average molecular weight is 248 g/mol. The number of carbonyl (C=O) groups excluding carboxylic acids is 1. The van der Waals surface area contributed by atoms with Crippen LogP contribution in [0.2, 0.25) is 0 Å². The van der Waals surface area contributed by atoms with Crippen LogP contribution in [0.5, 0.6) is 0 Å². The van der Waals surface area contributed by atoms with Gasteiger partial charge in [-0.1, -0.05) is 18.2 Å². The zero-order valence-electron chi connectivity index (χ0n) is 10.0. The van der Waals surface area contributed by atoms with E-state index >= 15 is 0 Å². The second kappa shape index (κ2) is 5.27. The summed E-state index contributed by atoms with van der Waals surface area (Å²) in [4.78, 5) is 16.0. The summed E-state index contributed by atoms with van der Waals surface area (Å²) in [5.74, 6) is 0.440. The number of amides is 1. The Balaban J connectivity index is 2.05. The molecule has 17 heavy (non-hydrogen) atoms. The molecule has 1 aliphatic rings. The molecule has 1 aromatic heterocycles. The number of rotatable bonds is 4. The van der Waals surface area contributed by atoms with E-state index in [1.165, 1.54) is 10.5 Å². The molecule has 0 spiro atoms. The normalized spacial score (nSPS) is 20.8. The van der Waals surface area contributed by atoms with Crippen molar-refractivity contribution in [1.82, 2.24) is 10.3 Å². The summed E-state index contributed by atoms with van der Waals surface area (Å²) in [5.41, 5.74) is 4.20. The van der Waals surface area contributed by atoms with Crippen LogP contribution in [0.25, 0.3) is 0 Å². The first-order chi connectivity index (χ1) is 8.22. The Bertz CT molecular complexity index is 462. The highest BCUT2D eigenvalue weighted by Crippen LogP contribution is 2.31. The molecule has 1 heterocycles. The van der Waals surface area contributed by atoms with E-state index in [1.54, 1.807) is 11.3 Å². The van der Waals surface area contributed by atoms with Gasteiger partial charge in [0.05, 0.1) is 17.2 Å². The lowest BCUT2D eigenvalue weighted by molar-refractivity contribution is -0.109. The lowest BCUT2D eigenvalue weighted by Crippen LogP contribution is -2.26. The number of carbonyl (C=O) groups is 1. The molecule has 2 unspecified atom stereocenters. The van der Waals surface area contributed by atoms with E-state index in [9.17, 15) is 4.79 Å². The van der Waals surface area contributed by atoms with Gasteiger partial charge in [0.1, 0.15) is 0 Å². The molecule has 0 radical (unpaired) electrons. The topological polar surface area (TPSA) is 42.0 Å². The lowest BCUT2D eigenvalue weighted by Gasteiger charge is -2.19. The Kier molecular flexibility index (Phi) is 3.74. The third-order valence-corrected chi connectivity index (χ3v) is 4.13. The molecule has 1 amide bonds. The van der Waals surface area contributed by atoms with Gasteiger partial charge in [0.15, 0.2) is 0 Å². The van der Waals surface area contributed by atoms with Crippen LogP contribution in [0.4, 0.5) is 0 Å². The maximum Gasteiger partial charge on any atom is 0.207 e. The van der Waals surface area contributed by atoms with Crippen molar-refractivity contribution in [3.05, 3.63) is 39.9 Å². The molecule has 2 atom stereocenters. The summed E-state index contributed by atoms with van der Waals surface area (Å²) in [6.07, 6.45) is 8.25. The molecule has 90 valence electrons. The van der Waals surface area contributed by atoms with Crippen molar-refractivity contribution < 1.29 is 4.79 Å². The maximum absolute atomic E-state index is 10.4. The minimum Gasteiger partial charge on any atom is -0.352 e. The van der Waals surface area contributed by atoms with E-state index in [0.29, 0.717) is 5.92 Å². The number of nitrogens with one attached hydrogen (secondary N) is 1. The van der Waals surface area contributed by atoms with Crippen molar-refractivity contribution in [2.75, 3.05) is 0 Å². The molecule has 3 nitrogen and oxygen atoms in total. The number of allylic oxidation sites excluding steroid dienone is 2. The van der Waals surface area contributed by atoms with Crippen molar-refractivity contribution >= 4 is 17.7 Å². The Morgan fingerprint density at radius 1 is 1.65 bits per heavy atom. The molecule has 2 rings (SSSR count). The molecule has 0 fully saturated rings. The highest BCUT2D eigenvalue weighted by atomic mass is 32.1. The van der Waals surface area contributed by atoms with Crippen molar-refractivity contribution in [3.8, 4) is 0 Å². The zero-order chi connectivity index (χ0) is 12.3. The number of hydrogen-bond acceptors (Lipinski definition) is 3. The molecule has 1 N–H and O–H groups in total. The third kappa shape index (κ3) is 2.64. The van der Waals surface area contributed by atoms with E-state index in [4.69, 9.17) is 0 Å². The third-order valence-electron chi connectivity index (χ3n) is 3.07. The van der Waals surface area contributed by atoms with Gasteiger partial charge in [0.25, 0.3) is 0 Å². The van der Waals surface area contributed by atoms with Crippen LogP contribution in [0.1, 0.15) is 29.8 Å². The molecule has 0 bridgehead atoms. The first kappa shape index (κ1) is 12.0. The van der Waals surface area contributed by atoms with E-state index in [1.807, 2.05) is 12.4 Å². The lowest BCUT2D eigenvalue weighted by atomic mass is 9.92. The number of aryl methyl sites for hydroxylation is 1. The van der Waals surface area contributed by atoms with Crippen molar-refractivity contribution in [3.63, 3.8) is 0 Å². The Morgan fingerprint density at radius 3 is 3.00 bits per heavy atom. The van der Waals surface area contributed by atoms with Gasteiger partial charge < -0.3 is 5.32 Å². The van der Waals surface area contributed by atoms with Crippen LogP contribution in [-0.2, 0) is 4.79 Å². The number of thiazole rings is 1. The van der Waals surface area contributed by atoms with Gasteiger partial charge in [-0.25, -0.2) is 4.98 Å². The van der Waals surface area contributed by atoms with Gasteiger partial charge in [0, 0.05) is 10.8 Å². The predicted octanol–water partition coefficient (Wildman–Crippen LogP) is 2.56. The molecular formula is C13H16N2OS. The van der Waals surface area contributed by atoms with Crippen molar-refractivity contribution in [1.29, 1.82) is 0 Å². The summed E-state index contributed by atoms with van der Waals surface area (Å²) in [5, 5.41) is 2.77. The highest BCUT2D eigenvalue weighted by molar-refractivity contribution is 7.09. The highest BCUT2D eigenvalue weighted by Gasteiger charge is 2.17. The second-order valence-corrected chi connectivity index (χ2v) is 5.10. The fourth-order valence-corrected chi connectivity index (χ4v) is 2.91. The van der Waals surface area contributed by atoms with Gasteiger partial charge in [-0.3, -0.25) is 4.79 Å². The summed E-state index contributed by atoms with van der Waals surface area (Å²) in [6, 6.07) is 0.0901. The van der Waals surface area contributed by atoms with E-state index in [-0.39, 0.29) is 6.04 Å². The van der Waals surface area contributed by atoms with Gasteiger partial charge in [0.2, 0.25) is 6.41 Å². The van der Waals surface area contributed by atoms with Gasteiger partial charge in [-0.15, -0.1) is 11.3 Å². The smallest absolute Gasteiger partial charge is 0.207 e. The van der Waals surface area contributed by atoms with Crippen LogP contribution in [-0.4, -0.2) is 17.4 Å². The first-order valence-electron chi connectivity index (χ1n) is 5.70. The number of aromatic nitrogens is 1. The Labute approximate surface area is 105 Å². The number of nitrogens with zero attached hydrogens (tertiary/aromatic N) is 1. The molecule has 0 aliphatic heterocycles. The van der Waals surface area contributed by atoms with E-state index in [0.717, 1.165) is 18.5 Å². The van der Waals surface area contributed by atoms with Crippen LogP contribution in [0.15, 0.2) is 29.3 Å². The standard InChI is InChI=1S/C13H16N2OS/c1-9(14-7-16)11-3-5-12(6-4-11)13-10(2)15-8-17-13/h3-5,7-9,12H,6H2,1-2H3,(H,14,16).